The normalized spacial score (nSPS) is 13.2. The molecule has 0 fully saturated rings. The predicted molar refractivity (Wildman–Crippen MR) is 436 cm³/mol. The van der Waals surface area contributed by atoms with Gasteiger partial charge in [-0.3, -0.25) is 18.6 Å². The van der Waals surface area contributed by atoms with Crippen molar-refractivity contribution in [3.05, 3.63) is 60.8 Å². The van der Waals surface area contributed by atoms with E-state index in [0.717, 1.165) is 64.2 Å². The quantitative estimate of drug-likeness (QED) is 0.0211. The fourth-order valence-corrected chi connectivity index (χ4v) is 14.1. The van der Waals surface area contributed by atoms with Gasteiger partial charge in [-0.25, -0.2) is 4.57 Å². The molecule has 0 aromatic rings. The van der Waals surface area contributed by atoms with Gasteiger partial charge in [0.15, 0.2) is 6.10 Å². The molecule has 0 bridgehead atoms. The van der Waals surface area contributed by atoms with Gasteiger partial charge in [-0.1, -0.05) is 441 Å². The van der Waals surface area contributed by atoms with Crippen LogP contribution in [0.4, 0.5) is 0 Å². The summed E-state index contributed by atoms with van der Waals surface area (Å²) in [7, 11) is 1.50. The monoisotopic (exact) mass is 1430 g/mol. The third kappa shape index (κ3) is 84.6. The molecule has 0 amide bonds. The van der Waals surface area contributed by atoms with E-state index in [1.165, 1.54) is 353 Å². The summed E-state index contributed by atoms with van der Waals surface area (Å²) < 4.78 is 34.9. The number of hydrogen-bond acceptors (Lipinski definition) is 7. The molecular formula is C90H171NO8P+. The average molecular weight is 1430 g/mol. The molecule has 2 unspecified atom stereocenters. The van der Waals surface area contributed by atoms with Gasteiger partial charge in [-0.05, 0) is 57.8 Å². The Hall–Kier alpha value is -2.29. The second kappa shape index (κ2) is 80.8. The van der Waals surface area contributed by atoms with Crippen molar-refractivity contribution in [3.8, 4) is 0 Å². The SMILES string of the molecule is CC/C=C\C/C=C\C/C=C\C/C=C\C/C=C\CCCCCCCCCCCCCCCCCCCCCCCCCCCC(=O)OC(COC(=O)CCCCCCCCCCCCCCCCCCCCCCCCCCCCCCCCCCCCC)COP(=O)(O)OCC[N+](C)(C)C. The first-order chi connectivity index (χ1) is 49.0. The highest BCUT2D eigenvalue weighted by atomic mass is 31.2. The number of unbranched alkanes of at least 4 members (excludes halogenated alkanes) is 59. The van der Waals surface area contributed by atoms with Crippen LogP contribution in [0, 0.1) is 0 Å². The number of rotatable bonds is 83. The highest BCUT2D eigenvalue weighted by Gasteiger charge is 2.27. The minimum Gasteiger partial charge on any atom is -0.462 e. The van der Waals surface area contributed by atoms with Gasteiger partial charge in [0.25, 0.3) is 0 Å². The summed E-state index contributed by atoms with van der Waals surface area (Å²) in [6.07, 6.45) is 110. The summed E-state index contributed by atoms with van der Waals surface area (Å²) in [4.78, 5) is 36.1. The summed E-state index contributed by atoms with van der Waals surface area (Å²) in [6.45, 7) is 4.41. The van der Waals surface area contributed by atoms with E-state index in [4.69, 9.17) is 18.5 Å². The lowest BCUT2D eigenvalue weighted by atomic mass is 10.0. The fraction of sp³-hybridized carbons (Fsp3) is 0.867. The fourth-order valence-electron chi connectivity index (χ4n) is 13.4. The predicted octanol–water partition coefficient (Wildman–Crippen LogP) is 29.6. The van der Waals surface area contributed by atoms with Crippen molar-refractivity contribution < 1.29 is 42.1 Å². The van der Waals surface area contributed by atoms with Crippen molar-refractivity contribution in [3.63, 3.8) is 0 Å². The lowest BCUT2D eigenvalue weighted by Gasteiger charge is -2.24. The summed E-state index contributed by atoms with van der Waals surface area (Å²) in [5.41, 5.74) is 0. The van der Waals surface area contributed by atoms with E-state index in [0.29, 0.717) is 23.9 Å². The zero-order valence-electron chi connectivity index (χ0n) is 67.5. The van der Waals surface area contributed by atoms with E-state index in [-0.39, 0.29) is 25.6 Å². The standard InChI is InChI=1S/C90H170NO8P/c1-6-8-10-12-14-16-18-20-22-24-26-28-30-32-34-36-38-40-42-43-44-45-46-47-49-51-53-55-57-59-61-63-65-67-69-71-73-75-77-79-81-83-90(93)99-88(87-98-100(94,95)97-85-84-91(3,4)5)86-96-89(92)82-80-78-76-74-72-70-68-66-64-62-60-58-56-54-52-50-48-41-39-37-35-33-31-29-27-25-23-21-19-17-15-13-11-9-7-2/h8,10,14,16,20,22,26,28,32,34,88H,6-7,9,11-13,15,17-19,21,23-25,27,29-31,33,35-87H2,1-5H3/p+1/b10-8-,16-14-,22-20-,28-26-,34-32-. The number of ether oxygens (including phenoxy) is 2. The third-order valence-corrected chi connectivity index (χ3v) is 21.0. The van der Waals surface area contributed by atoms with Gasteiger partial charge >= 0.3 is 19.8 Å². The van der Waals surface area contributed by atoms with Gasteiger partial charge in [0.05, 0.1) is 27.7 Å². The number of carbonyl (C=O) groups excluding carboxylic acids is 2. The number of phosphoric ester groups is 1. The summed E-state index contributed by atoms with van der Waals surface area (Å²) in [5.74, 6) is -0.769. The molecule has 100 heavy (non-hydrogen) atoms. The molecule has 0 saturated heterocycles. The molecule has 10 heteroatoms. The second-order valence-electron chi connectivity index (χ2n) is 31.3. The van der Waals surface area contributed by atoms with E-state index in [9.17, 15) is 19.0 Å². The molecule has 0 saturated carbocycles. The zero-order valence-corrected chi connectivity index (χ0v) is 68.4. The number of quaternary nitrogens is 1. The first kappa shape index (κ1) is 97.7. The first-order valence-electron chi connectivity index (χ1n) is 44.0. The van der Waals surface area contributed by atoms with Crippen molar-refractivity contribution in [2.45, 2.75) is 457 Å². The number of allylic oxidation sites excluding steroid dienone is 10. The maximum atomic E-state index is 12.9. The van der Waals surface area contributed by atoms with Crippen LogP contribution >= 0.6 is 7.82 Å². The molecule has 0 aromatic carbocycles. The molecular weight excluding hydrogens is 1250 g/mol. The molecule has 0 aliphatic rings. The third-order valence-electron chi connectivity index (χ3n) is 20.1. The smallest absolute Gasteiger partial charge is 0.462 e. The van der Waals surface area contributed by atoms with Crippen molar-refractivity contribution >= 4 is 19.8 Å². The molecule has 1 N–H and O–H groups in total. The van der Waals surface area contributed by atoms with Crippen molar-refractivity contribution in [1.29, 1.82) is 0 Å². The Morgan fingerprint density at radius 2 is 0.570 bits per heavy atom. The Labute approximate surface area is 623 Å². The Balaban J connectivity index is 3.85. The number of hydrogen-bond donors (Lipinski definition) is 1. The minimum atomic E-state index is -4.40. The van der Waals surface area contributed by atoms with E-state index in [1.54, 1.807) is 0 Å². The van der Waals surface area contributed by atoms with Crippen LogP contribution in [0.25, 0.3) is 0 Å². The first-order valence-corrected chi connectivity index (χ1v) is 45.5. The van der Waals surface area contributed by atoms with Crippen LogP contribution in [0.15, 0.2) is 60.8 Å². The van der Waals surface area contributed by atoms with Crippen LogP contribution in [-0.4, -0.2) is 74.9 Å². The minimum absolute atomic E-state index is 0.0351. The average Bonchev–Trinajstić information content (AvgIpc) is 1.30. The maximum absolute atomic E-state index is 12.9. The molecule has 2 atom stereocenters. The van der Waals surface area contributed by atoms with Gasteiger partial charge in [0, 0.05) is 12.8 Å². The van der Waals surface area contributed by atoms with Gasteiger partial charge in [0.1, 0.15) is 19.8 Å². The van der Waals surface area contributed by atoms with Crippen molar-refractivity contribution in [1.82, 2.24) is 0 Å². The molecule has 0 radical (unpaired) electrons. The highest BCUT2D eigenvalue weighted by molar-refractivity contribution is 7.47. The maximum Gasteiger partial charge on any atom is 0.472 e. The Morgan fingerprint density at radius 1 is 0.320 bits per heavy atom. The molecule has 0 aliphatic carbocycles. The van der Waals surface area contributed by atoms with E-state index in [1.807, 2.05) is 21.1 Å². The van der Waals surface area contributed by atoms with Crippen molar-refractivity contribution in [2.75, 3.05) is 47.5 Å². The van der Waals surface area contributed by atoms with Crippen LogP contribution in [0.3, 0.4) is 0 Å². The molecule has 0 rings (SSSR count). The van der Waals surface area contributed by atoms with Gasteiger partial charge in [-0.2, -0.15) is 0 Å². The number of likely N-dealkylation sites (N-methyl/N-ethyl adjacent to an activating group) is 1. The molecule has 0 aliphatic heterocycles. The zero-order chi connectivity index (χ0) is 72.5. The molecule has 0 spiro atoms. The van der Waals surface area contributed by atoms with Crippen LogP contribution in [0.5, 0.6) is 0 Å². The van der Waals surface area contributed by atoms with Crippen molar-refractivity contribution in [2.24, 2.45) is 0 Å². The largest absolute Gasteiger partial charge is 0.472 e. The molecule has 0 aromatic heterocycles. The Bertz CT molecular complexity index is 1870. The van der Waals surface area contributed by atoms with Gasteiger partial charge in [-0.15, -0.1) is 0 Å². The Kier molecular flexibility index (Phi) is 78.9. The molecule has 9 nitrogen and oxygen atoms in total. The number of carbonyl (C=O) groups is 2. The van der Waals surface area contributed by atoms with Gasteiger partial charge in [0.2, 0.25) is 0 Å². The van der Waals surface area contributed by atoms with E-state index >= 15 is 0 Å². The summed E-state index contributed by atoms with van der Waals surface area (Å²) in [5, 5.41) is 0. The summed E-state index contributed by atoms with van der Waals surface area (Å²) in [6, 6.07) is 0. The van der Waals surface area contributed by atoms with Crippen LogP contribution in [0.2, 0.25) is 0 Å². The second-order valence-corrected chi connectivity index (χ2v) is 32.7. The summed E-state index contributed by atoms with van der Waals surface area (Å²) >= 11 is 0. The van der Waals surface area contributed by atoms with Crippen LogP contribution in [0.1, 0.15) is 450 Å². The van der Waals surface area contributed by atoms with Gasteiger partial charge < -0.3 is 18.9 Å². The van der Waals surface area contributed by atoms with E-state index < -0.39 is 26.5 Å². The van der Waals surface area contributed by atoms with Crippen LogP contribution < -0.4 is 0 Å². The lowest BCUT2D eigenvalue weighted by molar-refractivity contribution is -0.870. The Morgan fingerprint density at radius 3 is 0.850 bits per heavy atom. The number of phosphoric acid groups is 1. The van der Waals surface area contributed by atoms with Crippen LogP contribution in [-0.2, 0) is 32.7 Å². The molecule has 0 heterocycles. The topological polar surface area (TPSA) is 108 Å². The lowest BCUT2D eigenvalue weighted by Crippen LogP contribution is -2.37. The molecule has 588 valence electrons. The highest BCUT2D eigenvalue weighted by Crippen LogP contribution is 2.43. The van der Waals surface area contributed by atoms with E-state index in [2.05, 4.69) is 74.6 Å². The number of nitrogens with zero attached hydrogens (tertiary/aromatic N) is 1. The number of esters is 2.